The van der Waals surface area contributed by atoms with Gasteiger partial charge in [0.05, 0.1) is 0 Å². The van der Waals surface area contributed by atoms with Crippen molar-refractivity contribution in [2.75, 3.05) is 40.3 Å². The van der Waals surface area contributed by atoms with Gasteiger partial charge in [0, 0.05) is 58.3 Å². The standard InChI is InChI=1S/C20H25N3O3/c1-21(2)20(25)23-8-6-22(7-9-23)13-16-12-19(24)26-18-11-15-5-3-4-14(15)10-17(16)18/h10-12H,3-9,13H2,1-2H3. The van der Waals surface area contributed by atoms with Gasteiger partial charge in [-0.1, -0.05) is 0 Å². The van der Waals surface area contributed by atoms with E-state index in [1.54, 1.807) is 25.1 Å². The maximum Gasteiger partial charge on any atom is 0.336 e. The van der Waals surface area contributed by atoms with E-state index in [1.165, 1.54) is 17.5 Å². The molecule has 0 spiro atoms. The molecule has 1 fully saturated rings. The number of hydrogen-bond donors (Lipinski definition) is 0. The lowest BCUT2D eigenvalue weighted by Gasteiger charge is -2.36. The van der Waals surface area contributed by atoms with Gasteiger partial charge in [-0.3, -0.25) is 4.90 Å². The highest BCUT2D eigenvalue weighted by Gasteiger charge is 2.23. The minimum atomic E-state index is -0.285. The zero-order valence-electron chi connectivity index (χ0n) is 15.5. The SMILES string of the molecule is CN(C)C(=O)N1CCN(Cc2cc(=O)oc3cc4c(cc23)CCC4)CC1. The molecule has 1 aliphatic carbocycles. The van der Waals surface area contributed by atoms with Gasteiger partial charge < -0.3 is 14.2 Å². The number of nitrogens with zero attached hydrogens (tertiary/aromatic N) is 3. The van der Waals surface area contributed by atoms with E-state index in [0.717, 1.165) is 36.9 Å². The third-order valence-electron chi connectivity index (χ3n) is 5.46. The summed E-state index contributed by atoms with van der Waals surface area (Å²) in [6, 6.07) is 5.95. The zero-order valence-corrected chi connectivity index (χ0v) is 15.5. The molecule has 6 heteroatoms. The van der Waals surface area contributed by atoms with E-state index < -0.39 is 0 Å². The van der Waals surface area contributed by atoms with Crippen molar-refractivity contribution in [3.63, 3.8) is 0 Å². The van der Waals surface area contributed by atoms with Crippen LogP contribution in [0.3, 0.4) is 0 Å². The van der Waals surface area contributed by atoms with Crippen molar-refractivity contribution < 1.29 is 9.21 Å². The molecule has 2 amide bonds. The molecule has 1 aromatic heterocycles. The molecule has 0 N–H and O–H groups in total. The lowest BCUT2D eigenvalue weighted by molar-refractivity contribution is 0.120. The number of hydrogen-bond acceptors (Lipinski definition) is 4. The second-order valence-corrected chi connectivity index (χ2v) is 7.50. The lowest BCUT2D eigenvalue weighted by Crippen LogP contribution is -2.51. The molecule has 0 bridgehead atoms. The first-order valence-electron chi connectivity index (χ1n) is 9.28. The van der Waals surface area contributed by atoms with Crippen molar-refractivity contribution in [1.29, 1.82) is 0 Å². The van der Waals surface area contributed by atoms with Gasteiger partial charge in [0.15, 0.2) is 0 Å². The smallest absolute Gasteiger partial charge is 0.336 e. The van der Waals surface area contributed by atoms with Crippen LogP contribution in [-0.2, 0) is 19.4 Å². The summed E-state index contributed by atoms with van der Waals surface area (Å²) in [7, 11) is 3.56. The van der Waals surface area contributed by atoms with Gasteiger partial charge >= 0.3 is 11.7 Å². The van der Waals surface area contributed by atoms with Gasteiger partial charge in [0.2, 0.25) is 0 Å². The number of fused-ring (bicyclic) bond motifs is 2. The Morgan fingerprint density at radius 3 is 2.46 bits per heavy atom. The van der Waals surface area contributed by atoms with Gasteiger partial charge in [-0.25, -0.2) is 9.59 Å². The molecule has 2 aromatic rings. The predicted molar refractivity (Wildman–Crippen MR) is 100 cm³/mol. The average Bonchev–Trinajstić information content (AvgIpc) is 3.07. The molecule has 1 aliphatic heterocycles. The highest BCUT2D eigenvalue weighted by atomic mass is 16.4. The quantitative estimate of drug-likeness (QED) is 0.774. The Labute approximate surface area is 153 Å². The van der Waals surface area contributed by atoms with E-state index in [2.05, 4.69) is 17.0 Å². The second-order valence-electron chi connectivity index (χ2n) is 7.50. The molecule has 0 radical (unpaired) electrons. The number of urea groups is 1. The zero-order chi connectivity index (χ0) is 18.3. The van der Waals surface area contributed by atoms with Gasteiger partial charge in [0.1, 0.15) is 5.58 Å². The van der Waals surface area contributed by atoms with E-state index in [-0.39, 0.29) is 11.7 Å². The molecule has 0 unspecified atom stereocenters. The van der Waals surface area contributed by atoms with Crippen LogP contribution in [0.15, 0.2) is 27.4 Å². The highest BCUT2D eigenvalue weighted by Crippen LogP contribution is 2.29. The second kappa shape index (κ2) is 6.76. The Morgan fingerprint density at radius 1 is 1.08 bits per heavy atom. The van der Waals surface area contributed by atoms with Crippen LogP contribution in [0.5, 0.6) is 0 Å². The molecule has 6 nitrogen and oxygen atoms in total. The minimum absolute atomic E-state index is 0.0611. The highest BCUT2D eigenvalue weighted by molar-refractivity contribution is 5.82. The first kappa shape index (κ1) is 17.1. The normalized spacial score (nSPS) is 17.5. The molecular weight excluding hydrogens is 330 g/mol. The maximum atomic E-state index is 12.1. The molecule has 2 aliphatic rings. The van der Waals surface area contributed by atoms with E-state index in [9.17, 15) is 9.59 Å². The summed E-state index contributed by atoms with van der Waals surface area (Å²) in [5, 5.41) is 1.05. The molecule has 0 atom stereocenters. The summed E-state index contributed by atoms with van der Waals surface area (Å²) in [5.41, 5.74) is 4.14. The third kappa shape index (κ3) is 3.21. The Kier molecular flexibility index (Phi) is 4.44. The summed E-state index contributed by atoms with van der Waals surface area (Å²) in [5.74, 6) is 0. The van der Waals surface area contributed by atoms with Gasteiger partial charge in [-0.15, -0.1) is 0 Å². The van der Waals surface area contributed by atoms with E-state index >= 15 is 0 Å². The van der Waals surface area contributed by atoms with E-state index in [4.69, 9.17) is 4.42 Å². The van der Waals surface area contributed by atoms with Crippen molar-refractivity contribution in [2.45, 2.75) is 25.8 Å². The monoisotopic (exact) mass is 355 g/mol. The van der Waals surface area contributed by atoms with Crippen molar-refractivity contribution in [2.24, 2.45) is 0 Å². The first-order chi connectivity index (χ1) is 12.5. The van der Waals surface area contributed by atoms with Crippen LogP contribution in [0.1, 0.15) is 23.1 Å². The number of amides is 2. The average molecular weight is 355 g/mol. The number of carbonyl (C=O) groups is 1. The van der Waals surface area contributed by atoms with Crippen LogP contribution < -0.4 is 5.63 Å². The Hall–Kier alpha value is -2.34. The van der Waals surface area contributed by atoms with Crippen LogP contribution in [0.2, 0.25) is 0 Å². The molecule has 0 saturated carbocycles. The fourth-order valence-corrected chi connectivity index (χ4v) is 4.05. The van der Waals surface area contributed by atoms with Gasteiger partial charge in [0.25, 0.3) is 0 Å². The molecule has 138 valence electrons. The van der Waals surface area contributed by atoms with Crippen molar-refractivity contribution in [3.8, 4) is 0 Å². The Bertz CT molecular complexity index is 895. The van der Waals surface area contributed by atoms with Crippen LogP contribution in [0.25, 0.3) is 11.0 Å². The van der Waals surface area contributed by atoms with E-state index in [0.29, 0.717) is 25.2 Å². The Morgan fingerprint density at radius 2 is 1.77 bits per heavy atom. The first-order valence-corrected chi connectivity index (χ1v) is 9.28. The number of benzene rings is 1. The molecule has 26 heavy (non-hydrogen) atoms. The van der Waals surface area contributed by atoms with Crippen LogP contribution in [-0.4, -0.2) is 61.0 Å². The summed E-state index contributed by atoms with van der Waals surface area (Å²) in [6.45, 7) is 3.76. The topological polar surface area (TPSA) is 57.0 Å². The van der Waals surface area contributed by atoms with Crippen LogP contribution in [0, 0.1) is 0 Å². The molecular formula is C20H25N3O3. The van der Waals surface area contributed by atoms with Crippen molar-refractivity contribution in [1.82, 2.24) is 14.7 Å². The number of piperazine rings is 1. The lowest BCUT2D eigenvalue weighted by atomic mass is 10.0. The molecule has 1 saturated heterocycles. The summed E-state index contributed by atoms with van der Waals surface area (Å²) in [4.78, 5) is 29.9. The fraction of sp³-hybridized carbons (Fsp3) is 0.500. The predicted octanol–water partition coefficient (Wildman–Crippen LogP) is 2.08. The largest absolute Gasteiger partial charge is 0.423 e. The molecule has 1 aromatic carbocycles. The van der Waals surface area contributed by atoms with Crippen LogP contribution >= 0.6 is 0 Å². The summed E-state index contributed by atoms with van der Waals surface area (Å²) < 4.78 is 5.46. The fourth-order valence-electron chi connectivity index (χ4n) is 4.05. The summed E-state index contributed by atoms with van der Waals surface area (Å²) >= 11 is 0. The number of carbonyl (C=O) groups excluding carboxylic acids is 1. The summed E-state index contributed by atoms with van der Waals surface area (Å²) in [6.07, 6.45) is 3.35. The number of rotatable bonds is 2. The van der Waals surface area contributed by atoms with Gasteiger partial charge in [-0.2, -0.15) is 0 Å². The van der Waals surface area contributed by atoms with Gasteiger partial charge in [-0.05, 0) is 48.1 Å². The van der Waals surface area contributed by atoms with Crippen LogP contribution in [0.4, 0.5) is 4.79 Å². The third-order valence-corrected chi connectivity index (χ3v) is 5.46. The minimum Gasteiger partial charge on any atom is -0.423 e. The Balaban J connectivity index is 1.55. The van der Waals surface area contributed by atoms with Crippen molar-refractivity contribution >= 4 is 17.0 Å². The van der Waals surface area contributed by atoms with Crippen molar-refractivity contribution in [3.05, 3.63) is 45.3 Å². The maximum absolute atomic E-state index is 12.1. The molecule has 2 heterocycles. The molecule has 4 rings (SSSR count). The number of aryl methyl sites for hydroxylation is 2. The van der Waals surface area contributed by atoms with E-state index in [1.807, 2.05) is 4.90 Å².